The van der Waals surface area contributed by atoms with E-state index in [0.29, 0.717) is 18.2 Å². The van der Waals surface area contributed by atoms with E-state index in [4.69, 9.17) is 22.1 Å². The standard InChI is InChI=1S/C11H18ClN3O/c1-3-16-5-4-15(2)11-6-9(7-13)10(12)8-14-11/h6,8H,3-5,7,13H2,1-2H3. The van der Waals surface area contributed by atoms with Crippen LogP contribution >= 0.6 is 11.6 Å². The molecule has 0 aromatic carbocycles. The molecule has 0 aliphatic heterocycles. The second-order valence-electron chi connectivity index (χ2n) is 3.46. The topological polar surface area (TPSA) is 51.4 Å². The average molecular weight is 244 g/mol. The number of nitrogens with zero attached hydrogens (tertiary/aromatic N) is 2. The molecule has 0 aliphatic carbocycles. The molecule has 0 spiro atoms. The quantitative estimate of drug-likeness (QED) is 0.773. The van der Waals surface area contributed by atoms with E-state index in [9.17, 15) is 0 Å². The Balaban J connectivity index is 2.64. The molecular weight excluding hydrogens is 226 g/mol. The highest BCUT2D eigenvalue weighted by Gasteiger charge is 2.05. The Morgan fingerprint density at radius 2 is 2.31 bits per heavy atom. The van der Waals surface area contributed by atoms with Gasteiger partial charge in [-0.05, 0) is 18.6 Å². The highest BCUT2D eigenvalue weighted by molar-refractivity contribution is 6.31. The van der Waals surface area contributed by atoms with Crippen LogP contribution < -0.4 is 10.6 Å². The summed E-state index contributed by atoms with van der Waals surface area (Å²) in [6, 6.07) is 1.91. The predicted octanol–water partition coefficient (Wildman–Crippen LogP) is 1.67. The van der Waals surface area contributed by atoms with Crippen LogP contribution in [0.2, 0.25) is 5.02 Å². The van der Waals surface area contributed by atoms with E-state index in [1.165, 1.54) is 0 Å². The summed E-state index contributed by atoms with van der Waals surface area (Å²) >= 11 is 5.94. The third-order valence-electron chi connectivity index (χ3n) is 2.31. The number of likely N-dealkylation sites (N-methyl/N-ethyl adjacent to an activating group) is 1. The van der Waals surface area contributed by atoms with Crippen LogP contribution in [-0.4, -0.2) is 31.8 Å². The fourth-order valence-corrected chi connectivity index (χ4v) is 1.47. The van der Waals surface area contributed by atoms with E-state index < -0.39 is 0 Å². The Morgan fingerprint density at radius 1 is 1.56 bits per heavy atom. The zero-order valence-electron chi connectivity index (χ0n) is 9.74. The van der Waals surface area contributed by atoms with E-state index in [2.05, 4.69) is 4.98 Å². The summed E-state index contributed by atoms with van der Waals surface area (Å²) in [5.41, 5.74) is 6.50. The van der Waals surface area contributed by atoms with E-state index >= 15 is 0 Å². The minimum Gasteiger partial charge on any atom is -0.380 e. The number of hydrogen-bond acceptors (Lipinski definition) is 4. The zero-order valence-corrected chi connectivity index (χ0v) is 10.5. The van der Waals surface area contributed by atoms with Gasteiger partial charge in [-0.15, -0.1) is 0 Å². The summed E-state index contributed by atoms with van der Waals surface area (Å²) in [4.78, 5) is 6.27. The van der Waals surface area contributed by atoms with Gasteiger partial charge in [-0.1, -0.05) is 11.6 Å². The van der Waals surface area contributed by atoms with Crippen LogP contribution in [-0.2, 0) is 11.3 Å². The Hall–Kier alpha value is -0.840. The molecule has 0 fully saturated rings. The SMILES string of the molecule is CCOCCN(C)c1cc(CN)c(Cl)cn1. The Kier molecular flexibility index (Phi) is 5.52. The van der Waals surface area contributed by atoms with Crippen LogP contribution in [0.1, 0.15) is 12.5 Å². The van der Waals surface area contributed by atoms with Gasteiger partial charge in [-0.3, -0.25) is 0 Å². The van der Waals surface area contributed by atoms with E-state index in [0.717, 1.165) is 24.5 Å². The summed E-state index contributed by atoms with van der Waals surface area (Å²) in [5, 5.41) is 0.615. The molecule has 2 N–H and O–H groups in total. The van der Waals surface area contributed by atoms with E-state index in [1.807, 2.05) is 24.9 Å². The van der Waals surface area contributed by atoms with Crippen molar-refractivity contribution < 1.29 is 4.74 Å². The third kappa shape index (κ3) is 3.63. The largest absolute Gasteiger partial charge is 0.380 e. The maximum absolute atomic E-state index is 5.94. The first kappa shape index (κ1) is 13.2. The van der Waals surface area contributed by atoms with Gasteiger partial charge in [0.05, 0.1) is 11.6 Å². The lowest BCUT2D eigenvalue weighted by molar-refractivity contribution is 0.154. The van der Waals surface area contributed by atoms with Gasteiger partial charge in [0.25, 0.3) is 0 Å². The molecule has 4 nitrogen and oxygen atoms in total. The van der Waals surface area contributed by atoms with E-state index in [-0.39, 0.29) is 0 Å². The highest BCUT2D eigenvalue weighted by atomic mass is 35.5. The number of anilines is 1. The molecule has 0 atom stereocenters. The first-order chi connectivity index (χ1) is 7.69. The van der Waals surface area contributed by atoms with Crippen molar-refractivity contribution in [3.05, 3.63) is 22.8 Å². The lowest BCUT2D eigenvalue weighted by Gasteiger charge is -2.18. The molecule has 0 amide bonds. The maximum atomic E-state index is 5.94. The molecule has 5 heteroatoms. The first-order valence-corrected chi connectivity index (χ1v) is 5.70. The number of rotatable bonds is 6. The van der Waals surface area contributed by atoms with Gasteiger partial charge in [0.2, 0.25) is 0 Å². The Bertz CT molecular complexity index is 333. The molecule has 1 heterocycles. The first-order valence-electron chi connectivity index (χ1n) is 5.32. The normalized spacial score (nSPS) is 10.5. The van der Waals surface area contributed by atoms with Gasteiger partial charge in [0.1, 0.15) is 5.82 Å². The van der Waals surface area contributed by atoms with Crippen LogP contribution in [0.4, 0.5) is 5.82 Å². The third-order valence-corrected chi connectivity index (χ3v) is 2.65. The number of ether oxygens (including phenoxy) is 1. The van der Waals surface area contributed by atoms with Crippen molar-refractivity contribution in [2.45, 2.75) is 13.5 Å². The molecule has 16 heavy (non-hydrogen) atoms. The fraction of sp³-hybridized carbons (Fsp3) is 0.545. The smallest absolute Gasteiger partial charge is 0.128 e. The Morgan fingerprint density at radius 3 is 2.94 bits per heavy atom. The van der Waals surface area contributed by atoms with E-state index in [1.54, 1.807) is 6.20 Å². The fourth-order valence-electron chi connectivity index (χ4n) is 1.29. The van der Waals surface area contributed by atoms with Crippen LogP contribution in [0.25, 0.3) is 0 Å². The van der Waals surface area contributed by atoms with Gasteiger partial charge in [0.15, 0.2) is 0 Å². The average Bonchev–Trinajstić information content (AvgIpc) is 2.30. The van der Waals surface area contributed by atoms with Gasteiger partial charge in [-0.2, -0.15) is 0 Å². The molecule has 0 radical (unpaired) electrons. The van der Waals surface area contributed by atoms with Crippen molar-refractivity contribution in [2.75, 3.05) is 31.7 Å². The molecule has 1 rings (SSSR count). The molecule has 0 saturated carbocycles. The molecule has 1 aromatic heterocycles. The van der Waals surface area contributed by atoms with Crippen LogP contribution in [0.15, 0.2) is 12.3 Å². The highest BCUT2D eigenvalue weighted by Crippen LogP contribution is 2.19. The van der Waals surface area contributed by atoms with Crippen molar-refractivity contribution in [1.29, 1.82) is 0 Å². The van der Waals surface area contributed by atoms with Gasteiger partial charge < -0.3 is 15.4 Å². The summed E-state index contributed by atoms with van der Waals surface area (Å²) < 4.78 is 5.29. The van der Waals surface area contributed by atoms with Crippen molar-refractivity contribution >= 4 is 17.4 Å². The monoisotopic (exact) mass is 243 g/mol. The lowest BCUT2D eigenvalue weighted by atomic mass is 10.2. The number of halogens is 1. The Labute approximate surface area is 101 Å². The molecular formula is C11H18ClN3O. The summed E-state index contributed by atoms with van der Waals surface area (Å²) in [6.45, 7) is 4.62. The number of pyridine rings is 1. The van der Waals surface area contributed by atoms with Gasteiger partial charge in [-0.25, -0.2) is 4.98 Å². The molecule has 0 aliphatic rings. The minimum atomic E-state index is 0.424. The molecule has 90 valence electrons. The number of hydrogen-bond donors (Lipinski definition) is 1. The molecule has 1 aromatic rings. The van der Waals surface area contributed by atoms with Crippen molar-refractivity contribution in [3.63, 3.8) is 0 Å². The molecule has 0 saturated heterocycles. The van der Waals surface area contributed by atoms with Crippen molar-refractivity contribution in [3.8, 4) is 0 Å². The van der Waals surface area contributed by atoms with Crippen LogP contribution in [0, 0.1) is 0 Å². The second kappa shape index (κ2) is 6.68. The van der Waals surface area contributed by atoms with Crippen LogP contribution in [0.5, 0.6) is 0 Å². The predicted molar refractivity (Wildman–Crippen MR) is 66.9 cm³/mol. The molecule has 0 unspecified atom stereocenters. The second-order valence-corrected chi connectivity index (χ2v) is 3.86. The number of nitrogens with two attached hydrogens (primary N) is 1. The summed E-state index contributed by atoms with van der Waals surface area (Å²) in [6.07, 6.45) is 1.64. The minimum absolute atomic E-state index is 0.424. The van der Waals surface area contributed by atoms with Crippen molar-refractivity contribution in [1.82, 2.24) is 4.98 Å². The van der Waals surface area contributed by atoms with Crippen LogP contribution in [0.3, 0.4) is 0 Å². The summed E-state index contributed by atoms with van der Waals surface area (Å²) in [7, 11) is 1.97. The zero-order chi connectivity index (χ0) is 12.0. The van der Waals surface area contributed by atoms with Gasteiger partial charge >= 0.3 is 0 Å². The maximum Gasteiger partial charge on any atom is 0.128 e. The lowest BCUT2D eigenvalue weighted by Crippen LogP contribution is -2.23. The van der Waals surface area contributed by atoms with Crippen molar-refractivity contribution in [2.24, 2.45) is 5.73 Å². The molecule has 0 bridgehead atoms. The summed E-state index contributed by atoms with van der Waals surface area (Å²) in [5.74, 6) is 0.865. The number of aromatic nitrogens is 1. The van der Waals surface area contributed by atoms with Gasteiger partial charge in [0, 0.05) is 32.9 Å².